The zero-order valence-electron chi connectivity index (χ0n) is 50.3. The van der Waals surface area contributed by atoms with Gasteiger partial charge in [-0.05, 0) is 209 Å². The van der Waals surface area contributed by atoms with Crippen LogP contribution >= 0.6 is 44.3 Å². The lowest BCUT2D eigenvalue weighted by Gasteiger charge is -2.47. The molecule has 0 aliphatic carbocycles. The molecule has 2 saturated heterocycles. The van der Waals surface area contributed by atoms with Gasteiger partial charge in [-0.3, -0.25) is 14.4 Å². The molecule has 0 bridgehead atoms. The normalized spacial score (nSPS) is 19.0. The quantitative estimate of drug-likeness (QED) is 0.0946. The van der Waals surface area contributed by atoms with Crippen molar-refractivity contribution in [1.29, 1.82) is 0 Å². The summed E-state index contributed by atoms with van der Waals surface area (Å²) in [5, 5.41) is 12.5. The number of nitrogens with two attached hydrogens (primary N) is 1. The Balaban J connectivity index is 0.000000358. The number of benzene rings is 2. The third kappa shape index (κ3) is 18.1. The number of aryl methyl sites for hydroxylation is 4. The molecule has 2 aliphatic rings. The highest BCUT2D eigenvalue weighted by Crippen LogP contribution is 2.37. The van der Waals surface area contributed by atoms with Gasteiger partial charge in [-0.15, -0.1) is 12.4 Å². The van der Waals surface area contributed by atoms with Gasteiger partial charge in [0.05, 0.1) is 5.56 Å². The Morgan fingerprint density at radius 1 is 0.637 bits per heavy atom. The van der Waals surface area contributed by atoms with E-state index in [-0.39, 0.29) is 84.4 Å². The number of carboxylic acids is 1. The first-order chi connectivity index (χ1) is 36.6. The van der Waals surface area contributed by atoms with E-state index in [2.05, 4.69) is 105 Å². The minimum Gasteiger partial charge on any atom is -0.478 e. The summed E-state index contributed by atoms with van der Waals surface area (Å²) in [6, 6.07) is 11.8. The molecule has 0 unspecified atom stereocenters. The number of nitrogens with one attached hydrogen (secondary N) is 3. The number of H-pyrrole nitrogens is 2. The molecular weight excluding hydrogens is 1170 g/mol. The summed E-state index contributed by atoms with van der Waals surface area (Å²) < 4.78 is 12.8. The highest BCUT2D eigenvalue weighted by atomic mass is 79.9. The van der Waals surface area contributed by atoms with Gasteiger partial charge in [-0.1, -0.05) is 31.9 Å². The van der Waals surface area contributed by atoms with Gasteiger partial charge >= 0.3 is 18.2 Å². The van der Waals surface area contributed by atoms with Crippen molar-refractivity contribution in [1.82, 2.24) is 25.1 Å². The number of carboxylic acid groups (broad SMARTS) is 1. The fourth-order valence-corrected chi connectivity index (χ4v) is 12.0. The van der Waals surface area contributed by atoms with Crippen LogP contribution in [0.2, 0.25) is 0 Å². The van der Waals surface area contributed by atoms with E-state index in [0.717, 1.165) is 92.7 Å². The number of aromatic nitrogens is 2. The predicted molar refractivity (Wildman–Crippen MR) is 330 cm³/mol. The molecule has 444 valence electrons. The third-order valence-electron chi connectivity index (χ3n) is 14.5. The van der Waals surface area contributed by atoms with Gasteiger partial charge in [0.15, 0.2) is 0 Å². The summed E-state index contributed by atoms with van der Waals surface area (Å²) in [4.78, 5) is 88.0. The molecule has 2 aliphatic heterocycles. The van der Waals surface area contributed by atoms with Crippen LogP contribution < -0.4 is 32.0 Å². The SMILES string of the molecule is CCN(c1cc(Br)cc(C(=O)NCc2c(C)cc(C)[nH]c2=O)c1C)C1C[C@@H](C)N(C(=O)OC(C)(C)C)[C@H](C)C1.CCN(c1cc(Br)cc(C(=O)O)c1C)C1C[C@@H](C)N(C(=O)OC(C)(C)C)[C@H](C)C1.Cc1cc(C)c(CN)c(=O)[nH]1.Cl. The van der Waals surface area contributed by atoms with Crippen molar-refractivity contribution in [2.75, 3.05) is 22.9 Å². The van der Waals surface area contributed by atoms with Crippen molar-refractivity contribution in [3.63, 3.8) is 0 Å². The maximum atomic E-state index is 13.3. The van der Waals surface area contributed by atoms with Gasteiger partial charge in [-0.2, -0.15) is 0 Å². The van der Waals surface area contributed by atoms with Crippen LogP contribution in [-0.4, -0.2) is 109 Å². The molecule has 0 radical (unpaired) electrons. The number of nitrogens with zero attached hydrogens (tertiary/aromatic N) is 4. The van der Waals surface area contributed by atoms with Gasteiger partial charge in [0.2, 0.25) is 0 Å². The highest BCUT2D eigenvalue weighted by molar-refractivity contribution is 9.10. The molecule has 2 fully saturated rings. The average Bonchev–Trinajstić information content (AvgIpc) is 3.29. The number of aromatic carboxylic acids is 1. The van der Waals surface area contributed by atoms with Gasteiger partial charge in [0.25, 0.3) is 17.0 Å². The molecular formula is C60H89Br2ClN8O9. The van der Waals surface area contributed by atoms with Crippen molar-refractivity contribution in [3.05, 3.63) is 122 Å². The molecule has 3 amide bonds. The van der Waals surface area contributed by atoms with Crippen molar-refractivity contribution < 1.29 is 33.8 Å². The fraction of sp³-hybridized carbons (Fsp3) is 0.567. The van der Waals surface area contributed by atoms with E-state index in [4.69, 9.17) is 15.2 Å². The van der Waals surface area contributed by atoms with Gasteiger partial charge < -0.3 is 55.2 Å². The molecule has 2 aromatic heterocycles. The number of rotatable bonds is 11. The lowest BCUT2D eigenvalue weighted by atomic mass is 9.91. The lowest BCUT2D eigenvalue weighted by molar-refractivity contribution is -0.00367. The summed E-state index contributed by atoms with van der Waals surface area (Å²) in [5.41, 5.74) is 13.2. The Bertz CT molecular complexity index is 2930. The zero-order valence-corrected chi connectivity index (χ0v) is 54.3. The average molecular weight is 1260 g/mol. The number of pyridine rings is 2. The Labute approximate surface area is 497 Å². The topological polar surface area (TPSA) is 224 Å². The number of halogens is 3. The number of likely N-dealkylation sites (tertiary alicyclic amines) is 2. The highest BCUT2D eigenvalue weighted by Gasteiger charge is 2.40. The number of aromatic amines is 2. The Kier molecular flexibility index (Phi) is 25.0. The van der Waals surface area contributed by atoms with E-state index in [1.807, 2.05) is 117 Å². The van der Waals surface area contributed by atoms with Gasteiger partial charge in [-0.25, -0.2) is 14.4 Å². The van der Waals surface area contributed by atoms with Crippen molar-refractivity contribution >= 4 is 79.7 Å². The largest absolute Gasteiger partial charge is 0.478 e. The number of carbonyl (C=O) groups excluding carboxylic acids is 3. The first-order valence-corrected chi connectivity index (χ1v) is 29.0. The number of anilines is 2. The second-order valence-electron chi connectivity index (χ2n) is 23.3. The first kappa shape index (κ1) is 68.9. The number of amides is 3. The summed E-state index contributed by atoms with van der Waals surface area (Å²) in [6.45, 7) is 37.0. The van der Waals surface area contributed by atoms with Crippen LogP contribution in [-0.2, 0) is 22.6 Å². The van der Waals surface area contributed by atoms with E-state index in [9.17, 15) is 33.9 Å². The Morgan fingerprint density at radius 3 is 1.31 bits per heavy atom. The van der Waals surface area contributed by atoms with Gasteiger partial charge in [0.1, 0.15) is 11.2 Å². The molecule has 2 aromatic carbocycles. The van der Waals surface area contributed by atoms with Crippen LogP contribution in [0.4, 0.5) is 21.0 Å². The number of piperidine rings is 2. The van der Waals surface area contributed by atoms with E-state index < -0.39 is 17.2 Å². The Hall–Kier alpha value is -5.37. The lowest BCUT2D eigenvalue weighted by Crippen LogP contribution is -2.56. The summed E-state index contributed by atoms with van der Waals surface area (Å²) in [5.74, 6) is -1.16. The van der Waals surface area contributed by atoms with E-state index >= 15 is 0 Å². The molecule has 0 saturated carbocycles. The van der Waals surface area contributed by atoms with Crippen molar-refractivity contribution in [2.45, 2.75) is 211 Å². The first-order valence-electron chi connectivity index (χ1n) is 27.4. The van der Waals surface area contributed by atoms with Crippen LogP contribution in [0.25, 0.3) is 0 Å². The monoisotopic (exact) mass is 1260 g/mol. The maximum Gasteiger partial charge on any atom is 0.410 e. The molecule has 0 spiro atoms. The molecule has 80 heavy (non-hydrogen) atoms. The third-order valence-corrected chi connectivity index (χ3v) is 15.4. The minimum absolute atomic E-state index is 0. The molecule has 4 atom stereocenters. The Morgan fingerprint density at radius 2 is 0.988 bits per heavy atom. The number of carbonyl (C=O) groups is 4. The van der Waals surface area contributed by atoms with Crippen LogP contribution in [0.3, 0.4) is 0 Å². The predicted octanol–water partition coefficient (Wildman–Crippen LogP) is 12.3. The molecule has 6 rings (SSSR count). The van der Waals surface area contributed by atoms with Crippen LogP contribution in [0.15, 0.2) is 54.9 Å². The number of hydrogen-bond donors (Lipinski definition) is 5. The van der Waals surface area contributed by atoms with E-state index in [0.29, 0.717) is 28.8 Å². The number of hydrogen-bond acceptors (Lipinski definition) is 11. The molecule has 6 N–H and O–H groups in total. The van der Waals surface area contributed by atoms with Crippen LogP contribution in [0.1, 0.15) is 174 Å². The molecule has 17 nitrogen and oxygen atoms in total. The second-order valence-corrected chi connectivity index (χ2v) is 25.1. The zero-order chi connectivity index (χ0) is 59.8. The fourth-order valence-electron chi connectivity index (χ4n) is 11.1. The number of ether oxygens (including phenoxy) is 2. The van der Waals surface area contributed by atoms with E-state index in [1.54, 1.807) is 6.07 Å². The standard InChI is InChI=1S/C30H43BrN4O4.C22H33BrN2O4.C8H12N2O.ClH/c1-10-34(23-12-19(4)35(20(5)13-23)29(38)39-30(7,8)9)26-15-22(31)14-24(21(26)6)27(36)32-16-25-17(2)11-18(3)33-28(25)37;1-8-24(19-12-16(23)11-18(15(19)4)20(26)27)17-9-13(2)25(14(3)10-17)21(28)29-22(5,6)7;1-5-3-6(2)10-8(11)7(5)4-9;/h11,14-15,19-20,23H,10,12-13,16H2,1-9H3,(H,32,36)(H,33,37);11-14,17H,8-10H2,1-7H3,(H,26,27);3H,4,9H2,1-2H3,(H,10,11);1H/t19-,20-;13-,14-;;/m11../s1. The molecule has 4 aromatic rings. The van der Waals surface area contributed by atoms with Crippen molar-refractivity contribution in [3.8, 4) is 0 Å². The molecule has 4 heterocycles. The maximum absolute atomic E-state index is 13.3. The molecule has 20 heteroatoms. The van der Waals surface area contributed by atoms with Crippen LogP contribution in [0, 0.1) is 41.5 Å². The minimum atomic E-state index is -0.928. The van der Waals surface area contributed by atoms with Gasteiger partial charge in [0, 0.05) is 111 Å². The van der Waals surface area contributed by atoms with Crippen molar-refractivity contribution in [2.24, 2.45) is 5.73 Å². The summed E-state index contributed by atoms with van der Waals surface area (Å²) >= 11 is 7.07. The summed E-state index contributed by atoms with van der Waals surface area (Å²) in [6.07, 6.45) is 2.63. The van der Waals surface area contributed by atoms with E-state index in [1.165, 1.54) is 0 Å². The summed E-state index contributed by atoms with van der Waals surface area (Å²) in [7, 11) is 0. The van der Waals surface area contributed by atoms with Crippen LogP contribution in [0.5, 0.6) is 0 Å². The smallest absolute Gasteiger partial charge is 0.410 e. The second kappa shape index (κ2) is 29.0.